The molecular formula is C19H25N3O. The van der Waals surface area contributed by atoms with Crippen LogP contribution < -0.4 is 5.32 Å². The zero-order valence-electron chi connectivity index (χ0n) is 14.0. The summed E-state index contributed by atoms with van der Waals surface area (Å²) in [6.45, 7) is 4.15. The van der Waals surface area contributed by atoms with Crippen molar-refractivity contribution in [2.24, 2.45) is 7.05 Å². The van der Waals surface area contributed by atoms with Gasteiger partial charge in [-0.15, -0.1) is 0 Å². The minimum Gasteiger partial charge on any atom is -0.353 e. The number of benzene rings is 1. The van der Waals surface area contributed by atoms with Crippen LogP contribution in [-0.4, -0.2) is 28.5 Å². The fourth-order valence-corrected chi connectivity index (χ4v) is 3.41. The van der Waals surface area contributed by atoms with Crippen molar-refractivity contribution in [2.75, 3.05) is 13.1 Å². The summed E-state index contributed by atoms with van der Waals surface area (Å²) in [5.41, 5.74) is 3.70. The zero-order chi connectivity index (χ0) is 16.2. The first-order chi connectivity index (χ1) is 11.1. The molecule has 1 N–H and O–H groups in total. The summed E-state index contributed by atoms with van der Waals surface area (Å²) < 4.78 is 2.16. The van der Waals surface area contributed by atoms with E-state index in [9.17, 15) is 4.79 Å². The van der Waals surface area contributed by atoms with Gasteiger partial charge in [-0.25, -0.2) is 0 Å². The van der Waals surface area contributed by atoms with Crippen molar-refractivity contribution in [3.8, 4) is 0 Å². The summed E-state index contributed by atoms with van der Waals surface area (Å²) in [5, 5.41) is 3.06. The van der Waals surface area contributed by atoms with Crippen LogP contribution in [0.1, 0.15) is 35.7 Å². The molecule has 0 saturated carbocycles. The first-order valence-electron chi connectivity index (χ1n) is 8.31. The molecule has 0 spiro atoms. The molecule has 0 unspecified atom stereocenters. The van der Waals surface area contributed by atoms with Crippen LogP contribution in [0.25, 0.3) is 0 Å². The van der Waals surface area contributed by atoms with Crippen molar-refractivity contribution >= 4 is 5.91 Å². The Kier molecular flexibility index (Phi) is 4.82. The van der Waals surface area contributed by atoms with Gasteiger partial charge in [0.25, 0.3) is 0 Å². The number of carbonyl (C=O) groups excluding carboxylic acids is 1. The van der Waals surface area contributed by atoms with Gasteiger partial charge in [-0.3, -0.25) is 9.69 Å². The predicted octanol–water partition coefficient (Wildman–Crippen LogP) is 2.79. The third kappa shape index (κ3) is 3.64. The Hall–Kier alpha value is -2.07. The normalized spacial score (nSPS) is 18.3. The molecule has 4 nitrogen and oxygen atoms in total. The molecule has 1 atom stereocenters. The van der Waals surface area contributed by atoms with Gasteiger partial charge in [-0.2, -0.15) is 0 Å². The van der Waals surface area contributed by atoms with E-state index in [1.807, 2.05) is 12.1 Å². The number of rotatable bonds is 5. The van der Waals surface area contributed by atoms with Crippen LogP contribution in [0.4, 0.5) is 0 Å². The molecule has 23 heavy (non-hydrogen) atoms. The molecule has 122 valence electrons. The minimum absolute atomic E-state index is 0.106. The fraction of sp³-hybridized carbons (Fsp3) is 0.421. The van der Waals surface area contributed by atoms with Crippen molar-refractivity contribution in [3.63, 3.8) is 0 Å². The Bertz CT molecular complexity index is 677. The van der Waals surface area contributed by atoms with Crippen molar-refractivity contribution < 1.29 is 4.79 Å². The summed E-state index contributed by atoms with van der Waals surface area (Å²) in [5.74, 6) is 0.106. The maximum absolute atomic E-state index is 12.3. The van der Waals surface area contributed by atoms with Gasteiger partial charge in [0.1, 0.15) is 0 Å². The molecule has 2 aromatic rings. The van der Waals surface area contributed by atoms with Gasteiger partial charge in [0.2, 0.25) is 5.91 Å². The number of nitrogens with zero attached hydrogens (tertiary/aromatic N) is 2. The Balaban J connectivity index is 1.57. The Labute approximate surface area is 138 Å². The van der Waals surface area contributed by atoms with E-state index >= 15 is 0 Å². The summed E-state index contributed by atoms with van der Waals surface area (Å²) >= 11 is 0. The van der Waals surface area contributed by atoms with Gasteiger partial charge in [0.15, 0.2) is 0 Å². The van der Waals surface area contributed by atoms with E-state index in [1.54, 1.807) is 0 Å². The lowest BCUT2D eigenvalue weighted by atomic mass is 10.1. The average molecular weight is 311 g/mol. The highest BCUT2D eigenvalue weighted by Crippen LogP contribution is 2.31. The smallest absolute Gasteiger partial charge is 0.234 e. The van der Waals surface area contributed by atoms with Gasteiger partial charge in [-0.1, -0.05) is 24.3 Å². The standard InChI is InChI=1S/C19H25N3O/c1-15-7-3-4-8-16(15)13-20-19(23)14-22-12-6-10-18(22)17-9-5-11-21(17)2/h3-5,7-9,11,18H,6,10,12-14H2,1-2H3,(H,20,23)/t18-/m0/s1. The first kappa shape index (κ1) is 15.8. The van der Waals surface area contributed by atoms with Crippen molar-refractivity contribution in [1.82, 2.24) is 14.8 Å². The number of carbonyl (C=O) groups is 1. The van der Waals surface area contributed by atoms with Crippen LogP contribution in [0.5, 0.6) is 0 Å². The van der Waals surface area contributed by atoms with Crippen LogP contribution >= 0.6 is 0 Å². The number of aryl methyl sites for hydroxylation is 2. The largest absolute Gasteiger partial charge is 0.353 e. The molecular weight excluding hydrogens is 286 g/mol. The van der Waals surface area contributed by atoms with Crippen LogP contribution in [0.3, 0.4) is 0 Å². The topological polar surface area (TPSA) is 37.3 Å². The molecule has 3 rings (SSSR count). The Morgan fingerprint density at radius 1 is 1.26 bits per heavy atom. The number of likely N-dealkylation sites (tertiary alicyclic amines) is 1. The lowest BCUT2D eigenvalue weighted by Crippen LogP contribution is -2.37. The third-order valence-electron chi connectivity index (χ3n) is 4.77. The molecule has 1 aromatic carbocycles. The SMILES string of the molecule is Cc1ccccc1CNC(=O)CN1CCC[C@H]1c1cccn1C. The summed E-state index contributed by atoms with van der Waals surface area (Å²) in [7, 11) is 2.07. The van der Waals surface area contributed by atoms with Crippen molar-refractivity contribution in [2.45, 2.75) is 32.4 Å². The van der Waals surface area contributed by atoms with E-state index in [0.29, 0.717) is 19.1 Å². The molecule has 1 aliphatic heterocycles. The van der Waals surface area contributed by atoms with Gasteiger partial charge in [0.05, 0.1) is 12.6 Å². The molecule has 2 heterocycles. The zero-order valence-corrected chi connectivity index (χ0v) is 14.0. The number of hydrogen-bond donors (Lipinski definition) is 1. The fourth-order valence-electron chi connectivity index (χ4n) is 3.41. The second-order valence-electron chi connectivity index (χ2n) is 6.38. The van der Waals surface area contributed by atoms with Gasteiger partial charge in [0, 0.05) is 25.5 Å². The molecule has 1 fully saturated rings. The summed E-state index contributed by atoms with van der Waals surface area (Å²) in [6.07, 6.45) is 4.36. The van der Waals surface area contributed by atoms with E-state index in [4.69, 9.17) is 0 Å². The van der Waals surface area contributed by atoms with Gasteiger partial charge >= 0.3 is 0 Å². The molecule has 4 heteroatoms. The van der Waals surface area contributed by atoms with Crippen LogP contribution in [-0.2, 0) is 18.4 Å². The van der Waals surface area contributed by atoms with Crippen LogP contribution in [0.2, 0.25) is 0 Å². The number of hydrogen-bond acceptors (Lipinski definition) is 2. The number of nitrogens with one attached hydrogen (secondary N) is 1. The summed E-state index contributed by atoms with van der Waals surface area (Å²) in [4.78, 5) is 14.6. The van der Waals surface area contributed by atoms with Gasteiger partial charge in [-0.05, 0) is 49.6 Å². The lowest BCUT2D eigenvalue weighted by molar-refractivity contribution is -0.122. The van der Waals surface area contributed by atoms with E-state index < -0.39 is 0 Å². The molecule has 1 amide bonds. The minimum atomic E-state index is 0.106. The molecule has 1 aromatic heterocycles. The summed E-state index contributed by atoms with van der Waals surface area (Å²) in [6, 6.07) is 12.8. The van der Waals surface area contributed by atoms with E-state index in [2.05, 4.69) is 59.2 Å². The van der Waals surface area contributed by atoms with Crippen LogP contribution in [0.15, 0.2) is 42.6 Å². The number of aromatic nitrogens is 1. The van der Waals surface area contributed by atoms with E-state index in [-0.39, 0.29) is 5.91 Å². The molecule has 0 aliphatic carbocycles. The molecule has 1 aliphatic rings. The molecule has 0 radical (unpaired) electrons. The Morgan fingerprint density at radius 3 is 2.83 bits per heavy atom. The quantitative estimate of drug-likeness (QED) is 0.922. The molecule has 1 saturated heterocycles. The predicted molar refractivity (Wildman–Crippen MR) is 92.0 cm³/mol. The third-order valence-corrected chi connectivity index (χ3v) is 4.77. The highest BCUT2D eigenvalue weighted by Gasteiger charge is 2.28. The lowest BCUT2D eigenvalue weighted by Gasteiger charge is -2.24. The second-order valence-corrected chi connectivity index (χ2v) is 6.38. The first-order valence-corrected chi connectivity index (χ1v) is 8.31. The van der Waals surface area contributed by atoms with E-state index in [1.165, 1.54) is 16.8 Å². The second kappa shape index (κ2) is 7.01. The van der Waals surface area contributed by atoms with E-state index in [0.717, 1.165) is 19.4 Å². The van der Waals surface area contributed by atoms with Gasteiger partial charge < -0.3 is 9.88 Å². The van der Waals surface area contributed by atoms with Crippen molar-refractivity contribution in [1.29, 1.82) is 0 Å². The monoisotopic (exact) mass is 311 g/mol. The highest BCUT2D eigenvalue weighted by molar-refractivity contribution is 5.78. The Morgan fingerprint density at radius 2 is 2.09 bits per heavy atom. The molecule has 0 bridgehead atoms. The highest BCUT2D eigenvalue weighted by atomic mass is 16.2. The van der Waals surface area contributed by atoms with Crippen LogP contribution in [0, 0.1) is 6.92 Å². The maximum Gasteiger partial charge on any atom is 0.234 e. The number of amides is 1. The maximum atomic E-state index is 12.3. The average Bonchev–Trinajstić information content (AvgIpc) is 3.15. The van der Waals surface area contributed by atoms with Crippen molar-refractivity contribution in [3.05, 3.63) is 59.4 Å².